The molecule has 1 aromatic rings. The molecule has 4 nitrogen and oxygen atoms in total. The summed E-state index contributed by atoms with van der Waals surface area (Å²) in [6.07, 6.45) is 4.53. The number of ether oxygens (including phenoxy) is 1. The fourth-order valence-corrected chi connectivity index (χ4v) is 2.76. The Balaban J connectivity index is 1.99. The van der Waals surface area contributed by atoms with E-state index in [0.29, 0.717) is 12.0 Å². The van der Waals surface area contributed by atoms with Crippen molar-refractivity contribution in [3.63, 3.8) is 0 Å². The molecule has 0 bridgehead atoms. The zero-order valence-corrected chi connectivity index (χ0v) is 12.9. The van der Waals surface area contributed by atoms with Crippen molar-refractivity contribution in [2.45, 2.75) is 39.3 Å². The van der Waals surface area contributed by atoms with Gasteiger partial charge in [0.15, 0.2) is 0 Å². The van der Waals surface area contributed by atoms with E-state index in [9.17, 15) is 0 Å². The number of likely N-dealkylation sites (tertiary alicyclic amines) is 1. The van der Waals surface area contributed by atoms with Gasteiger partial charge in [0, 0.05) is 38.5 Å². The van der Waals surface area contributed by atoms with Gasteiger partial charge in [0.2, 0.25) is 0 Å². The van der Waals surface area contributed by atoms with Crippen molar-refractivity contribution in [1.29, 1.82) is 0 Å². The minimum absolute atomic E-state index is 0.354. The van der Waals surface area contributed by atoms with Crippen LogP contribution in [0.15, 0.2) is 18.3 Å². The first-order chi connectivity index (χ1) is 9.74. The van der Waals surface area contributed by atoms with Crippen LogP contribution in [0.4, 0.5) is 5.82 Å². The maximum Gasteiger partial charge on any atom is 0.130 e. The molecule has 0 saturated carbocycles. The van der Waals surface area contributed by atoms with Crippen LogP contribution >= 0.6 is 0 Å². The quantitative estimate of drug-likeness (QED) is 0.867. The number of piperidine rings is 1. The second-order valence-corrected chi connectivity index (χ2v) is 5.71. The normalized spacial score (nSPS) is 23.8. The molecule has 0 amide bonds. The van der Waals surface area contributed by atoms with Crippen molar-refractivity contribution in [2.24, 2.45) is 5.92 Å². The molecule has 2 heterocycles. The molecular weight excluding hydrogens is 250 g/mol. The maximum atomic E-state index is 5.59. The molecule has 1 aliphatic rings. The minimum Gasteiger partial charge on any atom is -0.380 e. The van der Waals surface area contributed by atoms with Crippen molar-refractivity contribution < 1.29 is 4.74 Å². The molecule has 0 spiro atoms. The first-order valence-electron chi connectivity index (χ1n) is 7.67. The summed E-state index contributed by atoms with van der Waals surface area (Å²) in [5, 5.41) is 3.42. The summed E-state index contributed by atoms with van der Waals surface area (Å²) in [5.41, 5.74) is 1.28. The number of anilines is 1. The highest BCUT2D eigenvalue weighted by Gasteiger charge is 2.26. The molecule has 1 aliphatic heterocycles. The highest BCUT2D eigenvalue weighted by molar-refractivity contribution is 5.43. The summed E-state index contributed by atoms with van der Waals surface area (Å²) in [5.74, 6) is 1.68. The van der Waals surface area contributed by atoms with Gasteiger partial charge in [0.1, 0.15) is 5.82 Å². The van der Waals surface area contributed by atoms with Crippen molar-refractivity contribution in [3.8, 4) is 0 Å². The van der Waals surface area contributed by atoms with E-state index in [1.54, 1.807) is 0 Å². The van der Waals surface area contributed by atoms with Gasteiger partial charge in [-0.2, -0.15) is 0 Å². The fourth-order valence-electron chi connectivity index (χ4n) is 2.76. The van der Waals surface area contributed by atoms with Gasteiger partial charge < -0.3 is 10.1 Å². The first kappa shape index (κ1) is 15.3. The zero-order chi connectivity index (χ0) is 14.4. The molecule has 2 unspecified atom stereocenters. The Kier molecular flexibility index (Phi) is 5.80. The average molecular weight is 277 g/mol. The number of hydrogen-bond acceptors (Lipinski definition) is 4. The highest BCUT2D eigenvalue weighted by Crippen LogP contribution is 2.22. The number of rotatable bonds is 6. The molecule has 20 heavy (non-hydrogen) atoms. The predicted molar refractivity (Wildman–Crippen MR) is 82.9 cm³/mol. The van der Waals surface area contributed by atoms with E-state index >= 15 is 0 Å². The summed E-state index contributed by atoms with van der Waals surface area (Å²) in [7, 11) is 1.82. The van der Waals surface area contributed by atoms with Crippen LogP contribution in [0.5, 0.6) is 0 Å². The second-order valence-electron chi connectivity index (χ2n) is 5.71. The van der Waals surface area contributed by atoms with E-state index in [2.05, 4.69) is 35.1 Å². The minimum atomic E-state index is 0.354. The summed E-state index contributed by atoms with van der Waals surface area (Å²) in [6.45, 7) is 8.53. The Labute approximate surface area is 122 Å². The van der Waals surface area contributed by atoms with Gasteiger partial charge in [-0.15, -0.1) is 0 Å². The van der Waals surface area contributed by atoms with Gasteiger partial charge >= 0.3 is 0 Å². The second kappa shape index (κ2) is 7.60. The molecule has 112 valence electrons. The van der Waals surface area contributed by atoms with Crippen LogP contribution in [0, 0.1) is 5.92 Å². The Morgan fingerprint density at radius 1 is 1.50 bits per heavy atom. The third-order valence-corrected chi connectivity index (χ3v) is 4.10. The Morgan fingerprint density at radius 3 is 3.10 bits per heavy atom. The molecule has 1 N–H and O–H groups in total. The highest BCUT2D eigenvalue weighted by atomic mass is 16.5. The SMILES string of the molecule is CCCNc1ncccc1CN1CCC(C)C(OC)C1. The Bertz CT molecular complexity index is 410. The number of hydrogen-bond donors (Lipinski definition) is 1. The van der Waals surface area contributed by atoms with Gasteiger partial charge in [0.25, 0.3) is 0 Å². The largest absolute Gasteiger partial charge is 0.380 e. The third-order valence-electron chi connectivity index (χ3n) is 4.10. The van der Waals surface area contributed by atoms with Gasteiger partial charge in [0.05, 0.1) is 6.10 Å². The first-order valence-corrected chi connectivity index (χ1v) is 7.67. The van der Waals surface area contributed by atoms with Crippen LogP contribution in [-0.2, 0) is 11.3 Å². The van der Waals surface area contributed by atoms with Gasteiger partial charge in [-0.25, -0.2) is 4.98 Å². The van der Waals surface area contributed by atoms with E-state index in [1.165, 1.54) is 12.0 Å². The van der Waals surface area contributed by atoms with Crippen molar-refractivity contribution >= 4 is 5.82 Å². The monoisotopic (exact) mass is 277 g/mol. The van der Waals surface area contributed by atoms with Crippen LogP contribution in [0.25, 0.3) is 0 Å². The zero-order valence-electron chi connectivity index (χ0n) is 12.9. The van der Waals surface area contributed by atoms with Crippen molar-refractivity contribution in [3.05, 3.63) is 23.9 Å². The number of nitrogens with one attached hydrogen (secondary N) is 1. The molecule has 1 aromatic heterocycles. The van der Waals surface area contributed by atoms with Crippen LogP contribution in [0.1, 0.15) is 32.3 Å². The van der Waals surface area contributed by atoms with E-state index in [0.717, 1.165) is 38.4 Å². The predicted octanol–water partition coefficient (Wildman–Crippen LogP) is 2.76. The van der Waals surface area contributed by atoms with Gasteiger partial charge in [-0.05, 0) is 31.4 Å². The summed E-state index contributed by atoms with van der Waals surface area (Å²) >= 11 is 0. The molecule has 2 rings (SSSR count). The average Bonchev–Trinajstić information content (AvgIpc) is 2.48. The summed E-state index contributed by atoms with van der Waals surface area (Å²) < 4.78 is 5.59. The Morgan fingerprint density at radius 2 is 2.35 bits per heavy atom. The molecule has 0 radical (unpaired) electrons. The maximum absolute atomic E-state index is 5.59. The molecule has 1 fully saturated rings. The van der Waals surface area contributed by atoms with Crippen LogP contribution in [0.3, 0.4) is 0 Å². The lowest BCUT2D eigenvalue weighted by Crippen LogP contribution is -2.43. The molecule has 0 aromatic carbocycles. The van der Waals surface area contributed by atoms with E-state index in [1.807, 2.05) is 19.4 Å². The number of aromatic nitrogens is 1. The molecule has 2 atom stereocenters. The van der Waals surface area contributed by atoms with E-state index in [-0.39, 0.29) is 0 Å². The molecule has 1 saturated heterocycles. The van der Waals surface area contributed by atoms with Crippen LogP contribution < -0.4 is 5.32 Å². The Hall–Kier alpha value is -1.13. The smallest absolute Gasteiger partial charge is 0.130 e. The third kappa shape index (κ3) is 3.93. The molecule has 4 heteroatoms. The van der Waals surface area contributed by atoms with Gasteiger partial charge in [-0.3, -0.25) is 4.90 Å². The van der Waals surface area contributed by atoms with Crippen LogP contribution in [-0.4, -0.2) is 42.7 Å². The lowest BCUT2D eigenvalue weighted by Gasteiger charge is -2.36. The lowest BCUT2D eigenvalue weighted by molar-refractivity contribution is -0.00741. The van der Waals surface area contributed by atoms with Crippen LogP contribution in [0.2, 0.25) is 0 Å². The number of pyridine rings is 1. The van der Waals surface area contributed by atoms with E-state index in [4.69, 9.17) is 4.74 Å². The topological polar surface area (TPSA) is 37.4 Å². The summed E-state index contributed by atoms with van der Waals surface area (Å²) in [6, 6.07) is 4.19. The molecular formula is C16H27N3O. The fraction of sp³-hybridized carbons (Fsp3) is 0.688. The summed E-state index contributed by atoms with van der Waals surface area (Å²) in [4.78, 5) is 6.94. The van der Waals surface area contributed by atoms with E-state index < -0.39 is 0 Å². The standard InChI is InChI=1S/C16H27N3O/c1-4-8-17-16-14(6-5-9-18-16)11-19-10-7-13(2)15(12-19)20-3/h5-6,9,13,15H,4,7-8,10-12H2,1-3H3,(H,17,18). The molecule has 0 aliphatic carbocycles. The number of nitrogens with zero attached hydrogens (tertiary/aromatic N) is 2. The number of methoxy groups -OCH3 is 1. The van der Waals surface area contributed by atoms with Gasteiger partial charge in [-0.1, -0.05) is 19.9 Å². The van der Waals surface area contributed by atoms with Crippen molar-refractivity contribution in [2.75, 3.05) is 32.1 Å². The van der Waals surface area contributed by atoms with Crippen molar-refractivity contribution in [1.82, 2.24) is 9.88 Å². The lowest BCUT2D eigenvalue weighted by atomic mass is 9.95.